The summed E-state index contributed by atoms with van der Waals surface area (Å²) in [5, 5.41) is 18.9. The van der Waals surface area contributed by atoms with Crippen LogP contribution in [0.25, 0.3) is 0 Å². The highest BCUT2D eigenvalue weighted by Crippen LogP contribution is 2.40. The van der Waals surface area contributed by atoms with Gasteiger partial charge in [-0.15, -0.1) is 0 Å². The number of phenolic OH excluding ortho intramolecular Hbond substituents is 2. The fourth-order valence-electron chi connectivity index (χ4n) is 3.76. The van der Waals surface area contributed by atoms with Gasteiger partial charge in [-0.1, -0.05) is 6.42 Å². The molecule has 2 bridgehead atoms. The first-order chi connectivity index (χ1) is 11.5. The Morgan fingerprint density at radius 3 is 2.42 bits per heavy atom. The number of benzene rings is 1. The summed E-state index contributed by atoms with van der Waals surface area (Å²) in [6.07, 6.45) is 3.71. The van der Waals surface area contributed by atoms with E-state index in [9.17, 15) is 24.6 Å². The van der Waals surface area contributed by atoms with E-state index in [1.807, 2.05) is 0 Å². The highest BCUT2D eigenvalue weighted by atomic mass is 16.5. The van der Waals surface area contributed by atoms with Gasteiger partial charge in [0.25, 0.3) is 0 Å². The predicted molar refractivity (Wildman–Crippen MR) is 83.6 cm³/mol. The summed E-state index contributed by atoms with van der Waals surface area (Å²) in [4.78, 5) is 36.3. The summed E-state index contributed by atoms with van der Waals surface area (Å²) in [6.45, 7) is -0.461. The molecule has 1 unspecified atom stereocenters. The van der Waals surface area contributed by atoms with Gasteiger partial charge in [0.05, 0.1) is 11.5 Å². The smallest absolute Gasteiger partial charge is 0.309 e. The number of hydrogen-bond acceptors (Lipinski definition) is 6. The topological polar surface area (TPSA) is 101 Å². The molecule has 0 aromatic heterocycles. The van der Waals surface area contributed by atoms with Gasteiger partial charge in [0.2, 0.25) is 5.78 Å². The SMILES string of the molecule is O=C(COC(=O)C1C[C@H]2CCC[C@@H](C1)C2=O)c1ccc(O)cc1O. The minimum absolute atomic E-state index is 0.00343. The van der Waals surface area contributed by atoms with Crippen molar-refractivity contribution in [2.75, 3.05) is 6.61 Å². The maximum atomic E-state index is 12.2. The summed E-state index contributed by atoms with van der Waals surface area (Å²) in [6, 6.07) is 3.62. The van der Waals surface area contributed by atoms with Gasteiger partial charge in [0.1, 0.15) is 17.3 Å². The quantitative estimate of drug-likeness (QED) is 0.647. The zero-order chi connectivity index (χ0) is 17.3. The molecule has 2 fully saturated rings. The predicted octanol–water partition coefficient (Wildman–Crippen LogP) is 2.22. The number of rotatable bonds is 4. The van der Waals surface area contributed by atoms with Crippen molar-refractivity contribution in [3.63, 3.8) is 0 Å². The molecule has 24 heavy (non-hydrogen) atoms. The van der Waals surface area contributed by atoms with Crippen LogP contribution in [0, 0.1) is 17.8 Å². The van der Waals surface area contributed by atoms with Gasteiger partial charge in [-0.25, -0.2) is 0 Å². The number of ketones is 2. The second-order valence-corrected chi connectivity index (χ2v) is 6.63. The number of Topliss-reactive ketones (excluding diaryl/α,β-unsaturated/α-hetero) is 2. The van der Waals surface area contributed by atoms with Gasteiger partial charge >= 0.3 is 5.97 Å². The van der Waals surface area contributed by atoms with E-state index in [4.69, 9.17) is 4.74 Å². The second-order valence-electron chi connectivity index (χ2n) is 6.63. The average Bonchev–Trinajstić information content (AvgIpc) is 2.52. The van der Waals surface area contributed by atoms with E-state index in [2.05, 4.69) is 0 Å². The van der Waals surface area contributed by atoms with E-state index in [0.717, 1.165) is 25.3 Å². The van der Waals surface area contributed by atoms with Crippen molar-refractivity contribution >= 4 is 17.5 Å². The van der Waals surface area contributed by atoms with Crippen molar-refractivity contribution < 1.29 is 29.3 Å². The van der Waals surface area contributed by atoms with Gasteiger partial charge < -0.3 is 14.9 Å². The molecule has 2 aliphatic rings. The number of ether oxygens (including phenoxy) is 1. The molecule has 0 spiro atoms. The first kappa shape index (κ1) is 16.5. The molecule has 0 heterocycles. The third kappa shape index (κ3) is 3.27. The van der Waals surface area contributed by atoms with Gasteiger partial charge in [-0.05, 0) is 37.8 Å². The molecule has 1 aromatic carbocycles. The number of phenols is 2. The molecular formula is C18H20O6. The average molecular weight is 332 g/mol. The third-order valence-electron chi connectivity index (χ3n) is 5.01. The zero-order valence-electron chi connectivity index (χ0n) is 13.2. The Kier molecular flexibility index (Phi) is 4.55. The molecule has 2 saturated carbocycles. The van der Waals surface area contributed by atoms with E-state index in [1.165, 1.54) is 12.1 Å². The van der Waals surface area contributed by atoms with Crippen molar-refractivity contribution in [1.29, 1.82) is 0 Å². The Bertz CT molecular complexity index is 664. The van der Waals surface area contributed by atoms with E-state index in [-0.39, 0.29) is 40.6 Å². The fourth-order valence-corrected chi connectivity index (χ4v) is 3.76. The first-order valence-electron chi connectivity index (χ1n) is 8.21. The molecule has 0 amide bonds. The van der Waals surface area contributed by atoms with Crippen LogP contribution >= 0.6 is 0 Å². The zero-order valence-corrected chi connectivity index (χ0v) is 13.2. The Labute approximate surface area is 139 Å². The van der Waals surface area contributed by atoms with Crippen LogP contribution in [0.15, 0.2) is 18.2 Å². The van der Waals surface area contributed by atoms with Gasteiger partial charge in [0, 0.05) is 17.9 Å². The lowest BCUT2D eigenvalue weighted by atomic mass is 9.67. The molecule has 2 N–H and O–H groups in total. The van der Waals surface area contributed by atoms with Gasteiger partial charge in [-0.2, -0.15) is 0 Å². The highest BCUT2D eigenvalue weighted by molar-refractivity contribution is 6.00. The van der Waals surface area contributed by atoms with Gasteiger partial charge in [0.15, 0.2) is 6.61 Å². The van der Waals surface area contributed by atoms with E-state index < -0.39 is 18.4 Å². The lowest BCUT2D eigenvalue weighted by Gasteiger charge is -2.36. The van der Waals surface area contributed by atoms with Crippen LogP contribution in [-0.4, -0.2) is 34.4 Å². The van der Waals surface area contributed by atoms with Crippen molar-refractivity contribution in [3.05, 3.63) is 23.8 Å². The van der Waals surface area contributed by atoms with E-state index >= 15 is 0 Å². The van der Waals surface area contributed by atoms with E-state index in [1.54, 1.807) is 0 Å². The maximum Gasteiger partial charge on any atom is 0.309 e. The molecule has 0 radical (unpaired) electrons. The molecule has 0 saturated heterocycles. The molecule has 2 aliphatic carbocycles. The number of carbonyl (C=O) groups excluding carboxylic acids is 3. The molecule has 6 nitrogen and oxygen atoms in total. The minimum Gasteiger partial charge on any atom is -0.508 e. The van der Waals surface area contributed by atoms with Crippen LogP contribution in [0.1, 0.15) is 42.5 Å². The van der Waals surface area contributed by atoms with Crippen LogP contribution in [0.2, 0.25) is 0 Å². The van der Waals surface area contributed by atoms with Crippen LogP contribution in [0.3, 0.4) is 0 Å². The van der Waals surface area contributed by atoms with Crippen LogP contribution < -0.4 is 0 Å². The molecule has 3 rings (SSSR count). The molecular weight excluding hydrogens is 312 g/mol. The Balaban J connectivity index is 1.57. The Morgan fingerprint density at radius 1 is 1.12 bits per heavy atom. The largest absolute Gasteiger partial charge is 0.508 e. The number of fused-ring (bicyclic) bond motifs is 2. The molecule has 1 aromatic rings. The number of esters is 1. The lowest BCUT2D eigenvalue weighted by Crippen LogP contribution is -2.39. The first-order valence-corrected chi connectivity index (χ1v) is 8.21. The normalized spacial score (nSPS) is 26.0. The second kappa shape index (κ2) is 6.63. The number of carbonyl (C=O) groups is 3. The van der Waals surface area contributed by atoms with E-state index in [0.29, 0.717) is 12.8 Å². The van der Waals surface area contributed by atoms with Crippen molar-refractivity contribution in [2.24, 2.45) is 17.8 Å². The summed E-state index contributed by atoms with van der Waals surface area (Å²) in [5.74, 6) is -1.65. The van der Waals surface area contributed by atoms with Gasteiger partial charge in [-0.3, -0.25) is 14.4 Å². The maximum absolute atomic E-state index is 12.2. The van der Waals surface area contributed by atoms with Crippen LogP contribution in [-0.2, 0) is 14.3 Å². The van der Waals surface area contributed by atoms with Crippen LogP contribution in [0.5, 0.6) is 11.5 Å². The minimum atomic E-state index is -0.534. The summed E-state index contributed by atoms with van der Waals surface area (Å²) < 4.78 is 5.11. The Morgan fingerprint density at radius 2 is 1.79 bits per heavy atom. The monoisotopic (exact) mass is 332 g/mol. The number of aromatic hydroxyl groups is 2. The number of hydrogen-bond donors (Lipinski definition) is 2. The fraction of sp³-hybridized carbons (Fsp3) is 0.500. The van der Waals surface area contributed by atoms with Crippen molar-refractivity contribution in [3.8, 4) is 11.5 Å². The lowest BCUT2D eigenvalue weighted by molar-refractivity contribution is -0.152. The molecule has 6 heteroatoms. The summed E-state index contributed by atoms with van der Waals surface area (Å²) in [5.41, 5.74) is -0.00343. The van der Waals surface area contributed by atoms with Crippen molar-refractivity contribution in [1.82, 2.24) is 0 Å². The van der Waals surface area contributed by atoms with Crippen LogP contribution in [0.4, 0.5) is 0 Å². The molecule has 0 aliphatic heterocycles. The Hall–Kier alpha value is -2.37. The highest BCUT2D eigenvalue weighted by Gasteiger charge is 2.41. The molecule has 128 valence electrons. The summed E-state index contributed by atoms with van der Waals surface area (Å²) >= 11 is 0. The van der Waals surface area contributed by atoms with Crippen molar-refractivity contribution in [2.45, 2.75) is 32.1 Å². The molecule has 3 atom stereocenters. The third-order valence-corrected chi connectivity index (χ3v) is 5.01. The summed E-state index contributed by atoms with van der Waals surface area (Å²) in [7, 11) is 0. The standard InChI is InChI=1S/C18H20O6/c19-13-4-5-14(15(20)8-13)16(21)9-24-18(23)12-6-10-2-1-3-11(7-12)17(10)22/h4-5,8,10-12,19-20H,1-3,6-7,9H2/t10-,11+,12?.